The molecule has 0 aliphatic rings. The zero-order valence-corrected chi connectivity index (χ0v) is 11.6. The summed E-state index contributed by atoms with van der Waals surface area (Å²) in [5.41, 5.74) is 1.61. The van der Waals surface area contributed by atoms with E-state index in [1.54, 1.807) is 23.6 Å². The predicted octanol–water partition coefficient (Wildman–Crippen LogP) is 1.84. The highest BCUT2D eigenvalue weighted by atomic mass is 35.5. The van der Waals surface area contributed by atoms with Gasteiger partial charge in [0, 0.05) is 5.02 Å². The monoisotopic (exact) mass is 293 g/mol. The Labute approximate surface area is 118 Å². The quantitative estimate of drug-likeness (QED) is 0.720. The number of H-pyrrole nitrogens is 1. The topological polar surface area (TPSA) is 84.3 Å². The molecule has 1 unspecified atom stereocenters. The van der Waals surface area contributed by atoms with Crippen LogP contribution >= 0.6 is 11.6 Å². The first-order valence-electron chi connectivity index (χ1n) is 5.96. The Kier molecular flexibility index (Phi) is 2.98. The lowest BCUT2D eigenvalue weighted by molar-refractivity contribution is -0.141. The minimum atomic E-state index is -0.503. The van der Waals surface area contributed by atoms with Gasteiger partial charge in [0.1, 0.15) is 6.04 Å². The third-order valence-electron chi connectivity index (χ3n) is 2.94. The van der Waals surface area contributed by atoms with E-state index in [0.717, 1.165) is 11.0 Å². The molecule has 1 atom stereocenters. The van der Waals surface area contributed by atoms with Crippen LogP contribution in [0.15, 0.2) is 18.2 Å². The fourth-order valence-corrected chi connectivity index (χ4v) is 2.13. The number of nitrogens with one attached hydrogen (secondary N) is 2. The zero-order valence-electron chi connectivity index (χ0n) is 10.8. The van der Waals surface area contributed by atoms with Crippen LogP contribution in [0.4, 0.5) is 5.95 Å². The van der Waals surface area contributed by atoms with Crippen molar-refractivity contribution in [1.82, 2.24) is 19.6 Å². The minimum Gasteiger partial charge on any atom is -0.467 e. The van der Waals surface area contributed by atoms with Gasteiger partial charge < -0.3 is 10.1 Å². The van der Waals surface area contributed by atoms with Gasteiger partial charge in [0.05, 0.1) is 18.1 Å². The molecule has 0 aliphatic carbocycles. The van der Waals surface area contributed by atoms with Gasteiger partial charge in [-0.25, -0.2) is 14.3 Å². The van der Waals surface area contributed by atoms with Crippen molar-refractivity contribution in [2.45, 2.75) is 13.0 Å². The number of ether oxygens (including phenoxy) is 1. The number of halogens is 1. The van der Waals surface area contributed by atoms with E-state index in [1.165, 1.54) is 7.11 Å². The van der Waals surface area contributed by atoms with Crippen LogP contribution in [0.1, 0.15) is 6.92 Å². The molecule has 0 radical (unpaired) electrons. The molecule has 7 nitrogen and oxygen atoms in total. The van der Waals surface area contributed by atoms with Crippen LogP contribution in [0.5, 0.6) is 0 Å². The van der Waals surface area contributed by atoms with E-state index < -0.39 is 6.04 Å². The number of hydrogen-bond acceptors (Lipinski definition) is 5. The number of aromatic amines is 1. The van der Waals surface area contributed by atoms with Crippen LogP contribution < -0.4 is 5.32 Å². The van der Waals surface area contributed by atoms with Gasteiger partial charge in [-0.2, -0.15) is 4.98 Å². The summed E-state index contributed by atoms with van der Waals surface area (Å²) in [6, 6.07) is 4.90. The van der Waals surface area contributed by atoms with Gasteiger partial charge in [-0.1, -0.05) is 11.6 Å². The molecule has 2 heterocycles. The van der Waals surface area contributed by atoms with E-state index in [1.807, 2.05) is 6.07 Å². The number of fused-ring (bicyclic) bond motifs is 3. The lowest BCUT2D eigenvalue weighted by atomic mass is 10.3. The van der Waals surface area contributed by atoms with Crippen molar-refractivity contribution in [2.75, 3.05) is 12.4 Å². The molecule has 0 spiro atoms. The molecule has 104 valence electrons. The van der Waals surface area contributed by atoms with Crippen LogP contribution in [0.3, 0.4) is 0 Å². The third kappa shape index (κ3) is 2.05. The predicted molar refractivity (Wildman–Crippen MR) is 75.0 cm³/mol. The normalized spacial score (nSPS) is 12.8. The Balaban J connectivity index is 1.97. The highest BCUT2D eigenvalue weighted by Gasteiger charge is 2.16. The average Bonchev–Trinajstić information content (AvgIpc) is 2.93. The molecule has 0 aliphatic heterocycles. The van der Waals surface area contributed by atoms with Gasteiger partial charge in [-0.15, -0.1) is 0 Å². The van der Waals surface area contributed by atoms with Crippen molar-refractivity contribution in [2.24, 2.45) is 0 Å². The third-order valence-corrected chi connectivity index (χ3v) is 3.17. The number of anilines is 1. The van der Waals surface area contributed by atoms with Crippen molar-refractivity contribution < 1.29 is 9.53 Å². The maximum Gasteiger partial charge on any atom is 0.328 e. The molecule has 0 amide bonds. The van der Waals surface area contributed by atoms with Gasteiger partial charge in [0.25, 0.3) is 5.78 Å². The van der Waals surface area contributed by atoms with E-state index in [9.17, 15) is 4.79 Å². The maximum absolute atomic E-state index is 11.4. The minimum absolute atomic E-state index is 0.365. The zero-order chi connectivity index (χ0) is 14.3. The molecule has 0 fully saturated rings. The number of carbonyl (C=O) groups excluding carboxylic acids is 1. The number of carbonyl (C=O) groups is 1. The summed E-state index contributed by atoms with van der Waals surface area (Å²) >= 11 is 5.92. The molecule has 0 bridgehead atoms. The SMILES string of the molecule is COC(=O)C(C)Nc1nc2nc3cc(Cl)ccc3n2[nH]1. The number of hydrogen-bond donors (Lipinski definition) is 2. The largest absolute Gasteiger partial charge is 0.467 e. The van der Waals surface area contributed by atoms with E-state index >= 15 is 0 Å². The summed E-state index contributed by atoms with van der Waals surface area (Å²) in [6.45, 7) is 1.69. The number of esters is 1. The maximum atomic E-state index is 11.4. The molecule has 1 aromatic carbocycles. The highest BCUT2D eigenvalue weighted by Crippen LogP contribution is 2.20. The second-order valence-electron chi connectivity index (χ2n) is 4.34. The molecular formula is C12H12ClN5O2. The first-order valence-corrected chi connectivity index (χ1v) is 6.34. The van der Waals surface area contributed by atoms with E-state index in [4.69, 9.17) is 11.6 Å². The molecule has 2 aromatic heterocycles. The lowest BCUT2D eigenvalue weighted by Gasteiger charge is -2.09. The van der Waals surface area contributed by atoms with Crippen LogP contribution in [-0.2, 0) is 9.53 Å². The van der Waals surface area contributed by atoms with Gasteiger partial charge >= 0.3 is 5.97 Å². The Bertz CT molecular complexity index is 794. The Hall–Kier alpha value is -2.28. The van der Waals surface area contributed by atoms with E-state index in [-0.39, 0.29) is 5.97 Å². The van der Waals surface area contributed by atoms with Crippen LogP contribution in [0.2, 0.25) is 5.02 Å². The second-order valence-corrected chi connectivity index (χ2v) is 4.78. The summed E-state index contributed by atoms with van der Waals surface area (Å²) in [7, 11) is 1.34. The molecule has 0 saturated carbocycles. The smallest absolute Gasteiger partial charge is 0.328 e. The van der Waals surface area contributed by atoms with E-state index in [0.29, 0.717) is 16.7 Å². The number of aromatic nitrogens is 4. The first kappa shape index (κ1) is 12.7. The summed E-state index contributed by atoms with van der Waals surface area (Å²) in [6.07, 6.45) is 0. The number of benzene rings is 1. The van der Waals surface area contributed by atoms with Gasteiger partial charge in [0.2, 0.25) is 5.95 Å². The molecular weight excluding hydrogens is 282 g/mol. The Morgan fingerprint density at radius 3 is 3.05 bits per heavy atom. The van der Waals surface area contributed by atoms with E-state index in [2.05, 4.69) is 25.1 Å². The summed E-state index contributed by atoms with van der Waals surface area (Å²) in [5.74, 6) is 0.583. The standard InChI is InChI=1S/C12H12ClN5O2/c1-6(10(19)20-2)14-11-16-12-15-8-5-7(13)3-4-9(8)18(12)17-11/h3-6H,1-2H3,(H2,14,15,16,17). The number of methoxy groups -OCH3 is 1. The van der Waals surface area contributed by atoms with Crippen molar-refractivity contribution in [3.8, 4) is 0 Å². The second kappa shape index (κ2) is 4.68. The summed E-state index contributed by atoms with van der Waals surface area (Å²) < 4.78 is 6.36. The average molecular weight is 294 g/mol. The molecule has 0 saturated heterocycles. The number of rotatable bonds is 3. The van der Waals surface area contributed by atoms with Crippen LogP contribution in [0, 0.1) is 0 Å². The Morgan fingerprint density at radius 1 is 1.50 bits per heavy atom. The number of nitrogens with zero attached hydrogens (tertiary/aromatic N) is 3. The molecule has 8 heteroatoms. The van der Waals surface area contributed by atoms with Gasteiger partial charge in [-0.05, 0) is 25.1 Å². The fourth-order valence-electron chi connectivity index (χ4n) is 1.96. The first-order chi connectivity index (χ1) is 9.58. The van der Waals surface area contributed by atoms with Gasteiger partial charge in [0.15, 0.2) is 0 Å². The van der Waals surface area contributed by atoms with Crippen LogP contribution in [-0.4, -0.2) is 38.7 Å². The molecule has 3 aromatic rings. The molecule has 3 rings (SSSR count). The van der Waals surface area contributed by atoms with Crippen molar-refractivity contribution in [3.05, 3.63) is 23.2 Å². The fraction of sp³-hybridized carbons (Fsp3) is 0.250. The molecule has 20 heavy (non-hydrogen) atoms. The molecule has 2 N–H and O–H groups in total. The summed E-state index contributed by atoms with van der Waals surface area (Å²) in [4.78, 5) is 20.0. The number of imidazole rings is 1. The summed E-state index contributed by atoms with van der Waals surface area (Å²) in [5, 5.41) is 6.57. The Morgan fingerprint density at radius 2 is 2.30 bits per heavy atom. The highest BCUT2D eigenvalue weighted by molar-refractivity contribution is 6.31. The lowest BCUT2D eigenvalue weighted by Crippen LogP contribution is -2.27. The van der Waals surface area contributed by atoms with Crippen molar-refractivity contribution in [1.29, 1.82) is 0 Å². The van der Waals surface area contributed by atoms with Crippen LogP contribution in [0.25, 0.3) is 16.8 Å². The van der Waals surface area contributed by atoms with Gasteiger partial charge in [-0.3, -0.25) is 5.10 Å². The van der Waals surface area contributed by atoms with Crippen molar-refractivity contribution in [3.63, 3.8) is 0 Å². The van der Waals surface area contributed by atoms with Crippen molar-refractivity contribution >= 4 is 40.3 Å².